The lowest BCUT2D eigenvalue weighted by Gasteiger charge is -2.14. The Morgan fingerprint density at radius 2 is 1.81 bits per heavy atom. The Balaban J connectivity index is 2.13. The highest BCUT2D eigenvalue weighted by Gasteiger charge is 2.13. The van der Waals surface area contributed by atoms with Gasteiger partial charge in [-0.15, -0.1) is 6.58 Å². The highest BCUT2D eigenvalue weighted by molar-refractivity contribution is 5.95. The molecule has 3 nitrogen and oxygen atoms in total. The van der Waals surface area contributed by atoms with Gasteiger partial charge in [-0.05, 0) is 30.0 Å². The van der Waals surface area contributed by atoms with E-state index in [9.17, 15) is 4.79 Å². The van der Waals surface area contributed by atoms with Crippen molar-refractivity contribution in [3.8, 4) is 0 Å². The number of anilines is 1. The van der Waals surface area contributed by atoms with E-state index in [1.165, 1.54) is 5.56 Å². The number of benzene rings is 2. The van der Waals surface area contributed by atoms with Gasteiger partial charge in [0.15, 0.2) is 0 Å². The molecule has 0 aromatic heterocycles. The Kier molecular flexibility index (Phi) is 5.29. The minimum atomic E-state index is -0.563. The Labute approximate surface area is 125 Å². The van der Waals surface area contributed by atoms with Crippen molar-refractivity contribution in [2.24, 2.45) is 5.73 Å². The van der Waals surface area contributed by atoms with E-state index in [4.69, 9.17) is 5.73 Å². The Morgan fingerprint density at radius 3 is 2.52 bits per heavy atom. The van der Waals surface area contributed by atoms with Crippen molar-refractivity contribution in [1.29, 1.82) is 0 Å². The number of nitrogens with two attached hydrogens (primary N) is 1. The lowest BCUT2D eigenvalue weighted by Crippen LogP contribution is -2.35. The molecule has 1 atom stereocenters. The SMILES string of the molecule is C=CCC(N)C(=O)Nc1ccccc1Cc1ccccc1. The summed E-state index contributed by atoms with van der Waals surface area (Å²) in [4.78, 5) is 12.0. The van der Waals surface area contributed by atoms with Crippen LogP contribution in [-0.2, 0) is 11.2 Å². The third-order valence-corrected chi connectivity index (χ3v) is 3.27. The van der Waals surface area contributed by atoms with Crippen LogP contribution in [0.2, 0.25) is 0 Å². The fourth-order valence-corrected chi connectivity index (χ4v) is 2.12. The van der Waals surface area contributed by atoms with Crippen molar-refractivity contribution in [1.82, 2.24) is 0 Å². The van der Waals surface area contributed by atoms with E-state index in [0.717, 1.165) is 17.7 Å². The zero-order valence-corrected chi connectivity index (χ0v) is 12.0. The molecular formula is C18H20N2O. The summed E-state index contributed by atoms with van der Waals surface area (Å²) in [6, 6.07) is 17.4. The van der Waals surface area contributed by atoms with Crippen molar-refractivity contribution < 1.29 is 4.79 Å². The molecule has 2 rings (SSSR count). The van der Waals surface area contributed by atoms with Crippen molar-refractivity contribution in [2.45, 2.75) is 18.9 Å². The van der Waals surface area contributed by atoms with Gasteiger partial charge in [-0.3, -0.25) is 4.79 Å². The molecule has 0 bridgehead atoms. The number of rotatable bonds is 6. The maximum Gasteiger partial charge on any atom is 0.241 e. The van der Waals surface area contributed by atoms with Gasteiger partial charge in [0, 0.05) is 5.69 Å². The molecule has 0 saturated heterocycles. The fraction of sp³-hybridized carbons (Fsp3) is 0.167. The molecule has 3 N–H and O–H groups in total. The van der Waals surface area contributed by atoms with Crippen LogP contribution in [0.25, 0.3) is 0 Å². The second-order valence-electron chi connectivity index (χ2n) is 4.94. The van der Waals surface area contributed by atoms with Crippen LogP contribution in [0.1, 0.15) is 17.5 Å². The molecule has 0 radical (unpaired) electrons. The number of hydrogen-bond donors (Lipinski definition) is 2. The first-order valence-corrected chi connectivity index (χ1v) is 7.00. The van der Waals surface area contributed by atoms with E-state index in [0.29, 0.717) is 6.42 Å². The van der Waals surface area contributed by atoms with Crippen molar-refractivity contribution >= 4 is 11.6 Å². The highest BCUT2D eigenvalue weighted by atomic mass is 16.2. The summed E-state index contributed by atoms with van der Waals surface area (Å²) < 4.78 is 0. The number of hydrogen-bond acceptors (Lipinski definition) is 2. The normalized spacial score (nSPS) is 11.7. The van der Waals surface area contributed by atoms with E-state index < -0.39 is 6.04 Å². The summed E-state index contributed by atoms with van der Waals surface area (Å²) in [6.45, 7) is 3.60. The van der Waals surface area contributed by atoms with Crippen LogP contribution in [0.3, 0.4) is 0 Å². The molecule has 0 spiro atoms. The number of carbonyl (C=O) groups is 1. The number of nitrogens with one attached hydrogen (secondary N) is 1. The van der Waals surface area contributed by atoms with Gasteiger partial charge in [0.1, 0.15) is 0 Å². The van der Waals surface area contributed by atoms with E-state index in [-0.39, 0.29) is 5.91 Å². The van der Waals surface area contributed by atoms with Crippen LogP contribution in [0.4, 0.5) is 5.69 Å². The Bertz CT molecular complexity index is 608. The van der Waals surface area contributed by atoms with Crippen molar-refractivity contribution in [3.05, 3.63) is 78.4 Å². The third-order valence-electron chi connectivity index (χ3n) is 3.27. The predicted octanol–water partition coefficient (Wildman–Crippen LogP) is 3.12. The van der Waals surface area contributed by atoms with Crippen LogP contribution in [-0.4, -0.2) is 11.9 Å². The molecule has 3 heteroatoms. The lowest BCUT2D eigenvalue weighted by atomic mass is 10.0. The maximum absolute atomic E-state index is 12.0. The highest BCUT2D eigenvalue weighted by Crippen LogP contribution is 2.19. The summed E-state index contributed by atoms with van der Waals surface area (Å²) in [5.74, 6) is -0.185. The number of para-hydroxylation sites is 1. The Hall–Kier alpha value is -2.39. The van der Waals surface area contributed by atoms with Crippen LogP contribution < -0.4 is 11.1 Å². The monoisotopic (exact) mass is 280 g/mol. The summed E-state index contributed by atoms with van der Waals surface area (Å²) in [6.07, 6.45) is 2.89. The van der Waals surface area contributed by atoms with Gasteiger partial charge in [-0.1, -0.05) is 54.6 Å². The molecule has 0 saturated carbocycles. The van der Waals surface area contributed by atoms with E-state index in [1.54, 1.807) is 6.08 Å². The first-order chi connectivity index (χ1) is 10.2. The second kappa shape index (κ2) is 7.41. The molecule has 108 valence electrons. The predicted molar refractivity (Wildman–Crippen MR) is 87.1 cm³/mol. The second-order valence-corrected chi connectivity index (χ2v) is 4.94. The summed E-state index contributed by atoms with van der Waals surface area (Å²) in [5.41, 5.74) is 8.88. The zero-order valence-electron chi connectivity index (χ0n) is 12.0. The smallest absolute Gasteiger partial charge is 0.241 e. The molecule has 21 heavy (non-hydrogen) atoms. The standard InChI is InChI=1S/C18H20N2O/c1-2-8-16(19)18(21)20-17-12-7-6-11-15(17)13-14-9-4-3-5-10-14/h2-7,9-12,16H,1,8,13,19H2,(H,20,21). The molecule has 0 aliphatic heterocycles. The molecular weight excluding hydrogens is 260 g/mol. The molecule has 0 fully saturated rings. The average Bonchev–Trinajstić information content (AvgIpc) is 2.50. The molecule has 0 heterocycles. The van der Waals surface area contributed by atoms with Gasteiger partial charge in [-0.25, -0.2) is 0 Å². The molecule has 1 amide bonds. The topological polar surface area (TPSA) is 55.1 Å². The van der Waals surface area contributed by atoms with Crippen LogP contribution in [0.5, 0.6) is 0 Å². The first-order valence-electron chi connectivity index (χ1n) is 7.00. The van der Waals surface area contributed by atoms with Gasteiger partial charge in [0.2, 0.25) is 5.91 Å². The van der Waals surface area contributed by atoms with Crippen LogP contribution in [0.15, 0.2) is 67.3 Å². The fourth-order valence-electron chi connectivity index (χ4n) is 2.12. The first kappa shape index (κ1) is 15.0. The largest absolute Gasteiger partial charge is 0.324 e. The van der Waals surface area contributed by atoms with Gasteiger partial charge in [-0.2, -0.15) is 0 Å². The van der Waals surface area contributed by atoms with Crippen LogP contribution in [0, 0.1) is 0 Å². The zero-order chi connectivity index (χ0) is 15.1. The minimum Gasteiger partial charge on any atom is -0.324 e. The van der Waals surface area contributed by atoms with Gasteiger partial charge < -0.3 is 11.1 Å². The molecule has 0 aliphatic rings. The molecule has 1 unspecified atom stereocenters. The third kappa shape index (κ3) is 4.29. The maximum atomic E-state index is 12.0. The van der Waals surface area contributed by atoms with Crippen LogP contribution >= 0.6 is 0 Å². The summed E-state index contributed by atoms with van der Waals surface area (Å²) >= 11 is 0. The lowest BCUT2D eigenvalue weighted by molar-refractivity contribution is -0.117. The quantitative estimate of drug-likeness (QED) is 0.799. The summed E-state index contributed by atoms with van der Waals surface area (Å²) in [5, 5.41) is 2.90. The van der Waals surface area contributed by atoms with Gasteiger partial charge >= 0.3 is 0 Å². The van der Waals surface area contributed by atoms with E-state index in [1.807, 2.05) is 42.5 Å². The number of carbonyl (C=O) groups excluding carboxylic acids is 1. The van der Waals surface area contributed by atoms with Crippen molar-refractivity contribution in [3.63, 3.8) is 0 Å². The van der Waals surface area contributed by atoms with E-state index in [2.05, 4.69) is 24.0 Å². The minimum absolute atomic E-state index is 0.185. The molecule has 0 aliphatic carbocycles. The molecule has 2 aromatic rings. The summed E-state index contributed by atoms with van der Waals surface area (Å²) in [7, 11) is 0. The van der Waals surface area contributed by atoms with E-state index >= 15 is 0 Å². The number of amides is 1. The van der Waals surface area contributed by atoms with Crippen molar-refractivity contribution in [2.75, 3.05) is 5.32 Å². The van der Waals surface area contributed by atoms with Gasteiger partial charge in [0.05, 0.1) is 6.04 Å². The average molecular weight is 280 g/mol. The molecule has 2 aromatic carbocycles. The van der Waals surface area contributed by atoms with Gasteiger partial charge in [0.25, 0.3) is 0 Å². The Morgan fingerprint density at radius 1 is 1.14 bits per heavy atom.